The molecule has 260 valence electrons. The van der Waals surface area contributed by atoms with E-state index in [1.165, 1.54) is 12.1 Å². The third kappa shape index (κ3) is 10.4. The highest BCUT2D eigenvalue weighted by molar-refractivity contribution is 6.13. The molecule has 0 radical (unpaired) electrons. The van der Waals surface area contributed by atoms with Gasteiger partial charge in [-0.2, -0.15) is 4.94 Å². The second-order valence-electron chi connectivity index (χ2n) is 13.0. The molecule has 5 nitrogen and oxygen atoms in total. The van der Waals surface area contributed by atoms with Gasteiger partial charge in [-0.15, -0.1) is 0 Å². The summed E-state index contributed by atoms with van der Waals surface area (Å²) in [6.45, 7) is 4.05. The van der Waals surface area contributed by atoms with Crippen LogP contribution in [0.1, 0.15) is 87.2 Å². The lowest BCUT2D eigenvalue weighted by Crippen LogP contribution is -2.36. The first-order chi connectivity index (χ1) is 23.0. The fraction of sp³-hybridized carbons (Fsp3) is 0.486. The Morgan fingerprint density at radius 1 is 0.938 bits per heavy atom. The number of halogens is 5. The Labute approximate surface area is 280 Å². The summed E-state index contributed by atoms with van der Waals surface area (Å²) in [6.07, 6.45) is 1.63. The minimum absolute atomic E-state index is 0.0385. The number of ether oxygens (including phenoxy) is 2. The van der Waals surface area contributed by atoms with Gasteiger partial charge in [0.1, 0.15) is 43.2 Å². The minimum atomic E-state index is -1.23. The van der Waals surface area contributed by atoms with Crippen molar-refractivity contribution in [3.05, 3.63) is 100 Å². The van der Waals surface area contributed by atoms with Crippen molar-refractivity contribution in [2.75, 3.05) is 6.61 Å². The second kappa shape index (κ2) is 17.9. The summed E-state index contributed by atoms with van der Waals surface area (Å²) >= 11 is 0. The van der Waals surface area contributed by atoms with Gasteiger partial charge in [0.15, 0.2) is 11.6 Å². The number of carbonyl (C=O) groups excluding carboxylic acids is 1. The Morgan fingerprint density at radius 2 is 1.67 bits per heavy atom. The van der Waals surface area contributed by atoms with Crippen LogP contribution in [-0.4, -0.2) is 43.7 Å². The van der Waals surface area contributed by atoms with Gasteiger partial charge in [0.25, 0.3) is 0 Å². The summed E-state index contributed by atoms with van der Waals surface area (Å²) in [5.41, 5.74) is 1.88. The van der Waals surface area contributed by atoms with E-state index in [4.69, 9.17) is 9.47 Å². The van der Waals surface area contributed by atoms with E-state index in [0.29, 0.717) is 42.2 Å². The highest BCUT2D eigenvalue weighted by Gasteiger charge is 2.34. The third-order valence-corrected chi connectivity index (χ3v) is 9.05. The van der Waals surface area contributed by atoms with Crippen LogP contribution in [0.5, 0.6) is 5.75 Å². The van der Waals surface area contributed by atoms with Crippen LogP contribution in [0.15, 0.2) is 54.6 Å². The van der Waals surface area contributed by atoms with Crippen molar-refractivity contribution in [2.24, 2.45) is 5.92 Å². The molecule has 0 saturated carbocycles. The summed E-state index contributed by atoms with van der Waals surface area (Å²) in [5, 5.41) is 9.77. The zero-order valence-corrected chi connectivity index (χ0v) is 27.7. The predicted octanol–water partition coefficient (Wildman–Crippen LogP) is 7.90. The Kier molecular flexibility index (Phi) is 14.0. The fourth-order valence-corrected chi connectivity index (χ4v) is 6.42. The standard InChI is InChI=1S/C37H44BF5O5/c1-3-5-29(12-8-23(4-2)35(45)18-27(38)16-26-17-33(41)34(42)20-32(26)40)47-30-10-6-22(7-11-30)14-25-15-24(9-13-31(25)39)37-36(48-43)19-28(44)21-46-37/h6-7,9-11,13,15,17,20,23,27-29,36-37,44H,3-5,8,12,14,16,18-19,21,38H2,1-2H3/t23?,27?,28?,29?,36?,37-/m0/s1. The molecule has 4 rings (SSSR count). The highest BCUT2D eigenvalue weighted by Crippen LogP contribution is 2.33. The van der Waals surface area contributed by atoms with Crippen LogP contribution in [0.4, 0.5) is 22.1 Å². The smallest absolute Gasteiger partial charge is 0.161 e. The normalized spacial score (nSPS) is 19.9. The average molecular weight is 675 g/mol. The van der Waals surface area contributed by atoms with E-state index < -0.39 is 41.6 Å². The van der Waals surface area contributed by atoms with E-state index in [0.717, 1.165) is 24.5 Å². The van der Waals surface area contributed by atoms with Crippen molar-refractivity contribution in [1.29, 1.82) is 0 Å². The molecule has 0 bridgehead atoms. The van der Waals surface area contributed by atoms with E-state index in [2.05, 4.69) is 11.9 Å². The zero-order chi connectivity index (χ0) is 34.8. The van der Waals surface area contributed by atoms with Crippen molar-refractivity contribution < 1.29 is 46.4 Å². The van der Waals surface area contributed by atoms with Gasteiger partial charge in [-0.1, -0.05) is 44.3 Å². The molecule has 0 aliphatic carbocycles. The van der Waals surface area contributed by atoms with Crippen molar-refractivity contribution in [2.45, 2.75) is 102 Å². The maximum Gasteiger partial charge on any atom is 0.161 e. The van der Waals surface area contributed by atoms with Gasteiger partial charge in [-0.3, -0.25) is 4.79 Å². The molecular formula is C37H44BF5O5. The molecule has 1 heterocycles. The number of aliphatic hydroxyl groups is 1. The van der Waals surface area contributed by atoms with Crippen molar-refractivity contribution >= 4 is 13.6 Å². The van der Waals surface area contributed by atoms with Crippen LogP contribution in [0.2, 0.25) is 5.82 Å². The lowest BCUT2D eigenvalue weighted by Gasteiger charge is -2.32. The fourth-order valence-electron chi connectivity index (χ4n) is 6.42. The molecule has 1 fully saturated rings. The van der Waals surface area contributed by atoms with Crippen molar-refractivity contribution in [1.82, 2.24) is 0 Å². The summed E-state index contributed by atoms with van der Waals surface area (Å²) in [4.78, 5) is 17.2. The number of hydrogen-bond acceptors (Lipinski definition) is 5. The molecule has 11 heteroatoms. The van der Waals surface area contributed by atoms with Gasteiger partial charge < -0.3 is 14.6 Å². The quantitative estimate of drug-likeness (QED) is 0.0897. The summed E-state index contributed by atoms with van der Waals surface area (Å²) in [6, 6.07) is 13.3. The number of Topliss-reactive ketones (excluding diaryl/α,β-unsaturated/α-hetero) is 1. The zero-order valence-electron chi connectivity index (χ0n) is 27.7. The van der Waals surface area contributed by atoms with Gasteiger partial charge in [0, 0.05) is 31.2 Å². The van der Waals surface area contributed by atoms with E-state index in [-0.39, 0.29) is 61.5 Å². The van der Waals surface area contributed by atoms with E-state index in [1.807, 2.05) is 31.2 Å². The molecule has 3 aromatic rings. The SMILES string of the molecule is BC(CC(=O)C(CC)CCC(CCC)Oc1ccc(Cc2cc([C@@H]3OCC(O)CC3OF)ccc2F)cc1)Cc1cc(F)c(F)cc1F. The van der Waals surface area contributed by atoms with Crippen LogP contribution in [0, 0.1) is 29.2 Å². The van der Waals surface area contributed by atoms with Gasteiger partial charge in [0.05, 0.1) is 18.8 Å². The molecular weight excluding hydrogens is 630 g/mol. The number of carbonyl (C=O) groups is 1. The molecule has 0 spiro atoms. The Balaban J connectivity index is 1.32. The Bertz CT molecular complexity index is 1490. The molecule has 1 saturated heterocycles. The van der Waals surface area contributed by atoms with E-state index in [9.17, 15) is 32.0 Å². The summed E-state index contributed by atoms with van der Waals surface area (Å²) < 4.78 is 80.9. The molecule has 1 N–H and O–H groups in total. The maximum absolute atomic E-state index is 14.8. The molecule has 0 amide bonds. The van der Waals surface area contributed by atoms with Gasteiger partial charge >= 0.3 is 0 Å². The molecule has 6 atom stereocenters. The van der Waals surface area contributed by atoms with E-state index >= 15 is 0 Å². The second-order valence-corrected chi connectivity index (χ2v) is 13.0. The molecule has 5 unspecified atom stereocenters. The van der Waals surface area contributed by atoms with Gasteiger partial charge in [-0.05, 0) is 89.2 Å². The average Bonchev–Trinajstić information content (AvgIpc) is 3.05. The van der Waals surface area contributed by atoms with Crippen LogP contribution in [0.3, 0.4) is 0 Å². The number of benzene rings is 3. The first-order valence-electron chi connectivity index (χ1n) is 16.8. The molecule has 48 heavy (non-hydrogen) atoms. The number of hydrogen-bond donors (Lipinski definition) is 1. The van der Waals surface area contributed by atoms with Crippen molar-refractivity contribution in [3.8, 4) is 5.75 Å². The number of ketones is 1. The van der Waals surface area contributed by atoms with E-state index in [1.54, 1.807) is 13.9 Å². The van der Waals surface area contributed by atoms with Gasteiger partial charge in [-0.25, -0.2) is 17.6 Å². The minimum Gasteiger partial charge on any atom is -0.490 e. The largest absolute Gasteiger partial charge is 0.490 e. The predicted molar refractivity (Wildman–Crippen MR) is 175 cm³/mol. The molecule has 1 aliphatic heterocycles. The summed E-state index contributed by atoms with van der Waals surface area (Å²) in [5.74, 6) is -3.28. The maximum atomic E-state index is 14.8. The van der Waals surface area contributed by atoms with Crippen LogP contribution >= 0.6 is 0 Å². The summed E-state index contributed by atoms with van der Waals surface area (Å²) in [7, 11) is 1.80. The Morgan fingerprint density at radius 3 is 2.35 bits per heavy atom. The first kappa shape index (κ1) is 37.5. The first-order valence-corrected chi connectivity index (χ1v) is 16.8. The van der Waals surface area contributed by atoms with Crippen molar-refractivity contribution in [3.63, 3.8) is 0 Å². The molecule has 0 aromatic heterocycles. The lowest BCUT2D eigenvalue weighted by atomic mass is 9.76. The number of aliphatic hydroxyl groups excluding tert-OH is 1. The topological polar surface area (TPSA) is 65.0 Å². The van der Waals surface area contributed by atoms with Crippen LogP contribution in [0.25, 0.3) is 0 Å². The Hall–Kier alpha value is -3.28. The highest BCUT2D eigenvalue weighted by atomic mass is 19.3. The molecule has 1 aliphatic rings. The number of rotatable bonds is 17. The lowest BCUT2D eigenvalue weighted by molar-refractivity contribution is -0.248. The third-order valence-electron chi connectivity index (χ3n) is 9.05. The van der Waals surface area contributed by atoms with Crippen LogP contribution in [-0.2, 0) is 27.3 Å². The monoisotopic (exact) mass is 674 g/mol. The molecule has 3 aromatic carbocycles. The van der Waals surface area contributed by atoms with Gasteiger partial charge in [0.2, 0.25) is 0 Å². The van der Waals surface area contributed by atoms with Crippen LogP contribution < -0.4 is 4.74 Å².